The molecule has 0 saturated heterocycles. The van der Waals surface area contributed by atoms with Crippen molar-refractivity contribution in [2.75, 3.05) is 13.7 Å². The Balaban J connectivity index is 2.24. The lowest BCUT2D eigenvalue weighted by Crippen LogP contribution is -2.46. The monoisotopic (exact) mass is 272 g/mol. The smallest absolute Gasteiger partial charge is 0.408 e. The molecule has 1 aliphatic carbocycles. The summed E-state index contributed by atoms with van der Waals surface area (Å²) in [6.07, 6.45) is 3.21. The van der Waals surface area contributed by atoms with Crippen molar-refractivity contribution in [2.45, 2.75) is 44.8 Å². The van der Waals surface area contributed by atoms with Crippen molar-refractivity contribution < 1.29 is 23.9 Å². The summed E-state index contributed by atoms with van der Waals surface area (Å²) in [5.74, 6) is -1.01. The zero-order valence-corrected chi connectivity index (χ0v) is 11.2. The molecule has 1 atom stereocenters. The number of methoxy groups -OCH3 is 1. The van der Waals surface area contributed by atoms with Crippen LogP contribution >= 0.6 is 0 Å². The third kappa shape index (κ3) is 5.58. The number of hydrogen-bond donors (Lipinski definition) is 2. The molecule has 0 heterocycles. The van der Waals surface area contributed by atoms with Gasteiger partial charge in [-0.05, 0) is 32.6 Å². The fraction of sp³-hybridized carbons (Fsp3) is 0.750. The molecule has 2 N–H and O–H groups in total. The lowest BCUT2D eigenvalue weighted by molar-refractivity contribution is -0.141. The van der Waals surface area contributed by atoms with E-state index in [1.807, 2.05) is 0 Å². The van der Waals surface area contributed by atoms with Crippen LogP contribution < -0.4 is 10.6 Å². The van der Waals surface area contributed by atoms with Gasteiger partial charge in [-0.3, -0.25) is 9.59 Å². The molecular weight excluding hydrogens is 252 g/mol. The second-order valence-electron chi connectivity index (χ2n) is 4.47. The fourth-order valence-electron chi connectivity index (χ4n) is 1.82. The molecule has 0 radical (unpaired) electrons. The highest BCUT2D eigenvalue weighted by Gasteiger charge is 2.22. The van der Waals surface area contributed by atoms with Gasteiger partial charge in [0.05, 0.1) is 7.11 Å². The zero-order valence-electron chi connectivity index (χ0n) is 11.2. The second kappa shape index (κ2) is 7.60. The molecule has 7 heteroatoms. The number of carbonyl (C=O) groups excluding carboxylic acids is 3. The molecular formula is C12H20N2O5. The number of nitrogens with one attached hydrogen (secondary N) is 2. The maximum atomic E-state index is 11.5. The van der Waals surface area contributed by atoms with E-state index in [0.29, 0.717) is 0 Å². The summed E-state index contributed by atoms with van der Waals surface area (Å²) in [5.41, 5.74) is 0. The minimum Gasteiger partial charge on any atom is -0.468 e. The van der Waals surface area contributed by atoms with E-state index < -0.39 is 24.0 Å². The fourth-order valence-corrected chi connectivity index (χ4v) is 1.82. The molecule has 1 rings (SSSR count). The van der Waals surface area contributed by atoms with Gasteiger partial charge in [0.1, 0.15) is 18.7 Å². The number of esters is 1. The number of rotatable bonds is 5. The largest absolute Gasteiger partial charge is 0.468 e. The van der Waals surface area contributed by atoms with Crippen LogP contribution in [0.3, 0.4) is 0 Å². The first-order valence-corrected chi connectivity index (χ1v) is 6.34. The van der Waals surface area contributed by atoms with Gasteiger partial charge in [0.15, 0.2) is 0 Å². The van der Waals surface area contributed by atoms with Crippen LogP contribution in [0.2, 0.25) is 0 Å². The van der Waals surface area contributed by atoms with Gasteiger partial charge in [0.25, 0.3) is 0 Å². The number of ether oxygens (including phenoxy) is 2. The van der Waals surface area contributed by atoms with Crippen LogP contribution in [-0.4, -0.2) is 43.8 Å². The van der Waals surface area contributed by atoms with Gasteiger partial charge < -0.3 is 20.1 Å². The van der Waals surface area contributed by atoms with Crippen molar-refractivity contribution in [1.82, 2.24) is 10.6 Å². The first-order valence-electron chi connectivity index (χ1n) is 6.34. The van der Waals surface area contributed by atoms with E-state index in [2.05, 4.69) is 15.4 Å². The summed E-state index contributed by atoms with van der Waals surface area (Å²) >= 11 is 0. The molecule has 0 bridgehead atoms. The molecule has 0 aromatic heterocycles. The number of amides is 2. The van der Waals surface area contributed by atoms with E-state index in [4.69, 9.17) is 4.74 Å². The molecule has 0 aliphatic heterocycles. The Labute approximate surface area is 112 Å². The predicted octanol–water partition coefficient (Wildman–Crippen LogP) is 0.333. The van der Waals surface area contributed by atoms with Crippen molar-refractivity contribution in [3.05, 3.63) is 0 Å². The standard InChI is InChI=1S/C12H20N2O5/c1-8(11(16)13-7-10(15)18-2)14-12(17)19-9-5-3-4-6-9/h8-9H,3-7H2,1-2H3,(H,13,16)(H,14,17). The van der Waals surface area contributed by atoms with E-state index in [0.717, 1.165) is 25.7 Å². The van der Waals surface area contributed by atoms with Crippen LogP contribution in [0.1, 0.15) is 32.6 Å². The first-order chi connectivity index (χ1) is 9.02. The van der Waals surface area contributed by atoms with E-state index in [1.165, 1.54) is 14.0 Å². The summed E-state index contributed by atoms with van der Waals surface area (Å²) in [4.78, 5) is 33.9. The molecule has 1 aliphatic rings. The van der Waals surface area contributed by atoms with Crippen LogP contribution in [0.25, 0.3) is 0 Å². The summed E-state index contributed by atoms with van der Waals surface area (Å²) in [7, 11) is 1.23. The van der Waals surface area contributed by atoms with Gasteiger partial charge in [-0.2, -0.15) is 0 Å². The highest BCUT2D eigenvalue weighted by molar-refractivity contribution is 5.87. The molecule has 19 heavy (non-hydrogen) atoms. The van der Waals surface area contributed by atoms with Crippen molar-refractivity contribution in [1.29, 1.82) is 0 Å². The van der Waals surface area contributed by atoms with Crippen molar-refractivity contribution in [3.8, 4) is 0 Å². The molecule has 0 aromatic carbocycles. The number of alkyl carbamates (subject to hydrolysis) is 1. The maximum absolute atomic E-state index is 11.5. The molecule has 0 aromatic rings. The Morgan fingerprint density at radius 1 is 1.26 bits per heavy atom. The SMILES string of the molecule is COC(=O)CNC(=O)C(C)NC(=O)OC1CCCC1. The minimum absolute atomic E-state index is 0.0506. The second-order valence-corrected chi connectivity index (χ2v) is 4.47. The van der Waals surface area contributed by atoms with Crippen molar-refractivity contribution in [3.63, 3.8) is 0 Å². The van der Waals surface area contributed by atoms with Crippen LogP contribution in [-0.2, 0) is 19.1 Å². The Bertz CT molecular complexity index is 339. The Kier molecular flexibility index (Phi) is 6.11. The van der Waals surface area contributed by atoms with Crippen LogP contribution in [0.15, 0.2) is 0 Å². The summed E-state index contributed by atoms with van der Waals surface area (Å²) in [6, 6.07) is -0.765. The van der Waals surface area contributed by atoms with Gasteiger partial charge >= 0.3 is 12.1 Å². The van der Waals surface area contributed by atoms with Crippen molar-refractivity contribution in [2.24, 2.45) is 0 Å². The molecule has 0 spiro atoms. The Hall–Kier alpha value is -1.79. The quantitative estimate of drug-likeness (QED) is 0.704. The average Bonchev–Trinajstić information content (AvgIpc) is 2.87. The lowest BCUT2D eigenvalue weighted by atomic mass is 10.3. The van der Waals surface area contributed by atoms with Gasteiger partial charge in [-0.15, -0.1) is 0 Å². The predicted molar refractivity (Wildman–Crippen MR) is 66.4 cm³/mol. The zero-order chi connectivity index (χ0) is 14.3. The lowest BCUT2D eigenvalue weighted by Gasteiger charge is -2.16. The summed E-state index contributed by atoms with van der Waals surface area (Å²) in [5, 5.41) is 4.77. The number of hydrogen-bond acceptors (Lipinski definition) is 5. The molecule has 1 saturated carbocycles. The third-order valence-electron chi connectivity index (χ3n) is 2.94. The van der Waals surface area contributed by atoms with Crippen molar-refractivity contribution >= 4 is 18.0 Å². The normalized spacial score (nSPS) is 16.5. The highest BCUT2D eigenvalue weighted by atomic mass is 16.6. The Morgan fingerprint density at radius 2 is 1.89 bits per heavy atom. The van der Waals surface area contributed by atoms with Crippen LogP contribution in [0.4, 0.5) is 4.79 Å². The molecule has 2 amide bonds. The minimum atomic E-state index is -0.765. The van der Waals surface area contributed by atoms with E-state index in [1.54, 1.807) is 0 Å². The average molecular weight is 272 g/mol. The van der Waals surface area contributed by atoms with Gasteiger partial charge in [0, 0.05) is 0 Å². The molecule has 1 fully saturated rings. The van der Waals surface area contributed by atoms with E-state index in [-0.39, 0.29) is 12.6 Å². The third-order valence-corrected chi connectivity index (χ3v) is 2.94. The summed E-state index contributed by atoms with van der Waals surface area (Å²) in [6.45, 7) is 1.29. The Morgan fingerprint density at radius 3 is 2.47 bits per heavy atom. The molecule has 1 unspecified atom stereocenters. The number of carbonyl (C=O) groups is 3. The highest BCUT2D eigenvalue weighted by Crippen LogP contribution is 2.20. The molecule has 108 valence electrons. The van der Waals surface area contributed by atoms with Gasteiger partial charge in [0.2, 0.25) is 5.91 Å². The van der Waals surface area contributed by atoms with Crippen LogP contribution in [0, 0.1) is 0 Å². The first kappa shape index (κ1) is 15.3. The van der Waals surface area contributed by atoms with Gasteiger partial charge in [-0.25, -0.2) is 4.79 Å². The molecule has 7 nitrogen and oxygen atoms in total. The van der Waals surface area contributed by atoms with E-state index >= 15 is 0 Å². The van der Waals surface area contributed by atoms with E-state index in [9.17, 15) is 14.4 Å². The topological polar surface area (TPSA) is 93.7 Å². The van der Waals surface area contributed by atoms with Crippen LogP contribution in [0.5, 0.6) is 0 Å². The summed E-state index contributed by atoms with van der Waals surface area (Å²) < 4.78 is 9.54. The maximum Gasteiger partial charge on any atom is 0.408 e. The van der Waals surface area contributed by atoms with Gasteiger partial charge in [-0.1, -0.05) is 0 Å².